The highest BCUT2D eigenvalue weighted by atomic mass is 16.5. The van der Waals surface area contributed by atoms with Gasteiger partial charge in [0.05, 0.1) is 5.41 Å². The highest BCUT2D eigenvalue weighted by molar-refractivity contribution is 5.79. The maximum absolute atomic E-state index is 12.6. The topological polar surface area (TPSA) is 46.5 Å². The van der Waals surface area contributed by atoms with E-state index < -0.39 is 11.4 Å². The first-order chi connectivity index (χ1) is 13.1. The minimum Gasteiger partial charge on any atom is -0.481 e. The predicted octanol–water partition coefficient (Wildman–Crippen LogP) is 6.93. The van der Waals surface area contributed by atoms with Crippen LogP contribution in [0.3, 0.4) is 0 Å². The van der Waals surface area contributed by atoms with E-state index in [1.54, 1.807) is 7.11 Å². The first-order valence-corrected chi connectivity index (χ1v) is 11.2. The summed E-state index contributed by atoms with van der Waals surface area (Å²) in [6, 6.07) is 0. The number of hydrogen-bond donors (Lipinski definition) is 1. The van der Waals surface area contributed by atoms with Gasteiger partial charge >= 0.3 is 5.97 Å². The molecule has 3 nitrogen and oxygen atoms in total. The molecule has 0 saturated carbocycles. The average molecular weight is 379 g/mol. The summed E-state index contributed by atoms with van der Waals surface area (Å²) in [4.78, 5) is 12.6. The van der Waals surface area contributed by atoms with Gasteiger partial charge in [-0.1, -0.05) is 82.6 Å². The summed E-state index contributed by atoms with van der Waals surface area (Å²) in [5.41, 5.74) is 1.84. The van der Waals surface area contributed by atoms with Crippen molar-refractivity contribution in [3.05, 3.63) is 23.3 Å². The van der Waals surface area contributed by atoms with Crippen molar-refractivity contribution in [2.24, 2.45) is 11.3 Å². The van der Waals surface area contributed by atoms with Gasteiger partial charge in [0.15, 0.2) is 0 Å². The molecular formula is C24H42O3. The highest BCUT2D eigenvalue weighted by Crippen LogP contribution is 2.48. The first kappa shape index (κ1) is 23.9. The van der Waals surface area contributed by atoms with Crippen LogP contribution in [0, 0.1) is 11.3 Å². The standard InChI is InChI=1S/C24H42O3/c1-5-8-11-12-16-24(23(25)26)19-20(13-9-6-2)18-21(14-10-7-3)22(24)15-17-27-4/h18-19,22H,5-17H2,1-4H3,(H,25,26). The first-order valence-electron chi connectivity index (χ1n) is 11.2. The monoisotopic (exact) mass is 378 g/mol. The maximum Gasteiger partial charge on any atom is 0.314 e. The van der Waals surface area contributed by atoms with Crippen LogP contribution in [-0.4, -0.2) is 24.8 Å². The van der Waals surface area contributed by atoms with Gasteiger partial charge in [-0.25, -0.2) is 0 Å². The van der Waals surface area contributed by atoms with Crippen molar-refractivity contribution in [3.8, 4) is 0 Å². The normalized spacial score (nSPS) is 22.4. The number of carboxylic acids is 1. The zero-order valence-corrected chi connectivity index (χ0v) is 18.2. The van der Waals surface area contributed by atoms with Gasteiger partial charge in [0.2, 0.25) is 0 Å². The van der Waals surface area contributed by atoms with Gasteiger partial charge in [-0.2, -0.15) is 0 Å². The van der Waals surface area contributed by atoms with Gasteiger partial charge in [0.25, 0.3) is 0 Å². The van der Waals surface area contributed by atoms with Gasteiger partial charge < -0.3 is 9.84 Å². The summed E-state index contributed by atoms with van der Waals surface area (Å²) in [6.45, 7) is 7.22. The van der Waals surface area contributed by atoms with Crippen molar-refractivity contribution < 1.29 is 14.6 Å². The van der Waals surface area contributed by atoms with E-state index in [4.69, 9.17) is 4.74 Å². The Balaban J connectivity index is 3.22. The van der Waals surface area contributed by atoms with Gasteiger partial charge in [0, 0.05) is 19.6 Å². The molecule has 0 fully saturated rings. The van der Waals surface area contributed by atoms with E-state index >= 15 is 0 Å². The molecule has 0 amide bonds. The average Bonchev–Trinajstić information content (AvgIpc) is 2.66. The lowest BCUT2D eigenvalue weighted by Gasteiger charge is -2.40. The van der Waals surface area contributed by atoms with Crippen molar-refractivity contribution >= 4 is 5.97 Å². The van der Waals surface area contributed by atoms with Crippen molar-refractivity contribution in [3.63, 3.8) is 0 Å². The number of hydrogen-bond acceptors (Lipinski definition) is 2. The number of aliphatic carboxylic acids is 1. The number of methoxy groups -OCH3 is 1. The van der Waals surface area contributed by atoms with E-state index in [0.29, 0.717) is 6.61 Å². The highest BCUT2D eigenvalue weighted by Gasteiger charge is 2.46. The summed E-state index contributed by atoms with van der Waals surface area (Å²) in [6.07, 6.45) is 17.0. The van der Waals surface area contributed by atoms with Crippen LogP contribution in [0.25, 0.3) is 0 Å². The van der Waals surface area contributed by atoms with E-state index in [1.165, 1.54) is 24.0 Å². The second-order valence-corrected chi connectivity index (χ2v) is 8.14. The summed E-state index contributed by atoms with van der Waals surface area (Å²) < 4.78 is 5.36. The summed E-state index contributed by atoms with van der Waals surface area (Å²) in [5.74, 6) is -0.579. The fraction of sp³-hybridized carbons (Fsp3) is 0.792. The van der Waals surface area contributed by atoms with E-state index in [1.807, 2.05) is 0 Å². The third-order valence-corrected chi connectivity index (χ3v) is 5.97. The third kappa shape index (κ3) is 7.10. The lowest BCUT2D eigenvalue weighted by atomic mass is 9.63. The van der Waals surface area contributed by atoms with E-state index in [2.05, 4.69) is 32.9 Å². The van der Waals surface area contributed by atoms with Gasteiger partial charge in [-0.05, 0) is 38.5 Å². The fourth-order valence-corrected chi connectivity index (χ4v) is 4.38. The molecule has 0 aromatic carbocycles. The molecule has 1 rings (SSSR count). The minimum absolute atomic E-state index is 0.0634. The molecule has 0 saturated heterocycles. The molecule has 1 aliphatic carbocycles. The lowest BCUT2D eigenvalue weighted by molar-refractivity contribution is -0.149. The molecule has 2 unspecified atom stereocenters. The van der Waals surface area contributed by atoms with E-state index in [9.17, 15) is 9.90 Å². The predicted molar refractivity (Wildman–Crippen MR) is 114 cm³/mol. The molecule has 0 radical (unpaired) electrons. The van der Waals surface area contributed by atoms with Crippen LogP contribution in [0.15, 0.2) is 23.3 Å². The lowest BCUT2D eigenvalue weighted by Crippen LogP contribution is -2.41. The second-order valence-electron chi connectivity index (χ2n) is 8.14. The van der Waals surface area contributed by atoms with Crippen molar-refractivity contribution in [2.45, 2.75) is 97.8 Å². The number of allylic oxidation sites excluding steroid dienone is 3. The Morgan fingerprint density at radius 1 is 1.04 bits per heavy atom. The molecule has 0 aromatic heterocycles. The van der Waals surface area contributed by atoms with Crippen LogP contribution in [0.1, 0.15) is 97.8 Å². The van der Waals surface area contributed by atoms with Crippen molar-refractivity contribution in [1.29, 1.82) is 0 Å². The molecule has 0 bridgehead atoms. The number of rotatable bonds is 15. The largest absolute Gasteiger partial charge is 0.481 e. The van der Waals surface area contributed by atoms with Crippen LogP contribution in [-0.2, 0) is 9.53 Å². The quantitative estimate of drug-likeness (QED) is 0.314. The van der Waals surface area contributed by atoms with Crippen LogP contribution >= 0.6 is 0 Å². The Labute approximate surface area is 167 Å². The molecular weight excluding hydrogens is 336 g/mol. The Morgan fingerprint density at radius 3 is 2.30 bits per heavy atom. The smallest absolute Gasteiger partial charge is 0.314 e. The molecule has 0 heterocycles. The maximum atomic E-state index is 12.6. The number of unbranched alkanes of at least 4 members (excludes halogenated alkanes) is 5. The Kier molecular flexibility index (Phi) is 11.7. The van der Waals surface area contributed by atoms with Crippen LogP contribution in [0.4, 0.5) is 0 Å². The molecule has 1 aliphatic rings. The third-order valence-electron chi connectivity index (χ3n) is 5.97. The number of ether oxygens (including phenoxy) is 1. The molecule has 0 aliphatic heterocycles. The molecule has 0 aromatic rings. The number of carbonyl (C=O) groups is 1. The molecule has 0 spiro atoms. The Morgan fingerprint density at radius 2 is 1.70 bits per heavy atom. The zero-order chi connectivity index (χ0) is 20.1. The Bertz CT molecular complexity index is 492. The zero-order valence-electron chi connectivity index (χ0n) is 18.2. The number of carboxylic acid groups (broad SMARTS) is 1. The van der Waals surface area contributed by atoms with Crippen LogP contribution < -0.4 is 0 Å². The fourth-order valence-electron chi connectivity index (χ4n) is 4.38. The minimum atomic E-state index is -0.757. The summed E-state index contributed by atoms with van der Waals surface area (Å²) in [7, 11) is 1.71. The molecule has 1 N–H and O–H groups in total. The van der Waals surface area contributed by atoms with Gasteiger partial charge in [-0.3, -0.25) is 4.79 Å². The molecule has 2 atom stereocenters. The summed E-state index contributed by atoms with van der Waals surface area (Å²) >= 11 is 0. The van der Waals surface area contributed by atoms with Crippen LogP contribution in [0.5, 0.6) is 0 Å². The van der Waals surface area contributed by atoms with Crippen molar-refractivity contribution in [1.82, 2.24) is 0 Å². The Hall–Kier alpha value is -1.09. The van der Waals surface area contributed by atoms with Crippen LogP contribution in [0.2, 0.25) is 0 Å². The molecule has 3 heteroatoms. The van der Waals surface area contributed by atoms with E-state index in [0.717, 1.165) is 64.2 Å². The van der Waals surface area contributed by atoms with Gasteiger partial charge in [0.1, 0.15) is 0 Å². The second kappa shape index (κ2) is 13.1. The van der Waals surface area contributed by atoms with Gasteiger partial charge in [-0.15, -0.1) is 0 Å². The SMILES string of the molecule is CCCCCCC1(C(=O)O)C=C(CCCC)C=C(CCCC)C1CCOC. The molecule has 27 heavy (non-hydrogen) atoms. The summed E-state index contributed by atoms with van der Waals surface area (Å²) in [5, 5.41) is 10.4. The molecule has 156 valence electrons. The van der Waals surface area contributed by atoms with E-state index in [-0.39, 0.29) is 5.92 Å². The van der Waals surface area contributed by atoms with Crippen molar-refractivity contribution in [2.75, 3.05) is 13.7 Å².